The molecule has 0 saturated heterocycles. The first-order valence-electron chi connectivity index (χ1n) is 6.80. The lowest BCUT2D eigenvalue weighted by atomic mass is 10.2. The van der Waals surface area contributed by atoms with Crippen LogP contribution in [0.4, 0.5) is 0 Å². The van der Waals surface area contributed by atoms with Gasteiger partial charge in [-0.3, -0.25) is 0 Å². The van der Waals surface area contributed by atoms with E-state index in [1.165, 1.54) is 0 Å². The first-order chi connectivity index (χ1) is 10.8. The standard InChI is InChI=1S/C18H14BrNO2/c1-21-18-16(12-7-13-5-3-2-4-6-13)20-17(22-18)14-8-10-15(19)11-9-14/h2-12H,1H3/b12-7+. The van der Waals surface area contributed by atoms with Gasteiger partial charge in [0, 0.05) is 10.0 Å². The van der Waals surface area contributed by atoms with Crippen LogP contribution in [0.2, 0.25) is 0 Å². The van der Waals surface area contributed by atoms with Crippen LogP contribution in [0.5, 0.6) is 5.95 Å². The van der Waals surface area contributed by atoms with E-state index in [1.54, 1.807) is 7.11 Å². The number of nitrogens with zero attached hydrogens (tertiary/aromatic N) is 1. The molecule has 0 aliphatic carbocycles. The quantitative estimate of drug-likeness (QED) is 0.638. The third kappa shape index (κ3) is 3.28. The molecular formula is C18H14BrNO2. The zero-order valence-electron chi connectivity index (χ0n) is 12.0. The molecule has 0 amide bonds. The van der Waals surface area contributed by atoms with Crippen molar-refractivity contribution in [2.24, 2.45) is 0 Å². The molecule has 110 valence electrons. The van der Waals surface area contributed by atoms with Crippen molar-refractivity contribution in [2.75, 3.05) is 7.11 Å². The number of rotatable bonds is 4. The van der Waals surface area contributed by atoms with Crippen molar-refractivity contribution in [3.63, 3.8) is 0 Å². The van der Waals surface area contributed by atoms with E-state index < -0.39 is 0 Å². The highest BCUT2D eigenvalue weighted by molar-refractivity contribution is 9.10. The minimum absolute atomic E-state index is 0.407. The molecule has 0 saturated carbocycles. The second kappa shape index (κ2) is 6.62. The van der Waals surface area contributed by atoms with E-state index >= 15 is 0 Å². The van der Waals surface area contributed by atoms with Gasteiger partial charge in [-0.2, -0.15) is 0 Å². The van der Waals surface area contributed by atoms with E-state index in [0.717, 1.165) is 15.6 Å². The van der Waals surface area contributed by atoms with Gasteiger partial charge in [0.25, 0.3) is 0 Å². The van der Waals surface area contributed by atoms with Gasteiger partial charge in [0.2, 0.25) is 5.89 Å². The predicted molar refractivity (Wildman–Crippen MR) is 91.6 cm³/mol. The Balaban J connectivity index is 1.92. The Morgan fingerprint density at radius 2 is 1.73 bits per heavy atom. The van der Waals surface area contributed by atoms with Gasteiger partial charge in [-0.25, -0.2) is 4.98 Å². The van der Waals surface area contributed by atoms with Gasteiger partial charge >= 0.3 is 5.95 Å². The van der Waals surface area contributed by atoms with Crippen molar-refractivity contribution in [3.05, 3.63) is 70.3 Å². The van der Waals surface area contributed by atoms with Crippen LogP contribution in [0.25, 0.3) is 23.6 Å². The number of methoxy groups -OCH3 is 1. The topological polar surface area (TPSA) is 35.3 Å². The summed E-state index contributed by atoms with van der Waals surface area (Å²) in [4.78, 5) is 4.50. The van der Waals surface area contributed by atoms with Gasteiger partial charge in [0.05, 0.1) is 7.11 Å². The maximum Gasteiger partial charge on any atom is 0.312 e. The molecule has 3 nitrogen and oxygen atoms in total. The molecule has 3 aromatic rings. The Hall–Kier alpha value is -2.33. The first kappa shape index (κ1) is 14.6. The molecule has 0 radical (unpaired) electrons. The Labute approximate surface area is 137 Å². The lowest BCUT2D eigenvalue weighted by Crippen LogP contribution is -1.82. The van der Waals surface area contributed by atoms with Crippen LogP contribution in [-0.4, -0.2) is 12.1 Å². The maximum absolute atomic E-state index is 5.68. The van der Waals surface area contributed by atoms with Gasteiger partial charge in [0.15, 0.2) is 0 Å². The van der Waals surface area contributed by atoms with E-state index in [-0.39, 0.29) is 0 Å². The summed E-state index contributed by atoms with van der Waals surface area (Å²) >= 11 is 3.42. The van der Waals surface area contributed by atoms with E-state index in [2.05, 4.69) is 20.9 Å². The maximum atomic E-state index is 5.68. The van der Waals surface area contributed by atoms with Crippen LogP contribution in [0.1, 0.15) is 11.3 Å². The second-order valence-electron chi connectivity index (χ2n) is 4.65. The van der Waals surface area contributed by atoms with Gasteiger partial charge in [-0.1, -0.05) is 52.3 Å². The highest BCUT2D eigenvalue weighted by Gasteiger charge is 2.13. The Morgan fingerprint density at radius 1 is 1.00 bits per heavy atom. The van der Waals surface area contributed by atoms with Crippen LogP contribution in [0, 0.1) is 0 Å². The Morgan fingerprint density at radius 3 is 2.41 bits per heavy atom. The molecule has 0 fully saturated rings. The lowest BCUT2D eigenvalue weighted by Gasteiger charge is -1.95. The third-order valence-corrected chi connectivity index (χ3v) is 3.66. The minimum Gasteiger partial charge on any atom is -0.467 e. The number of hydrogen-bond acceptors (Lipinski definition) is 3. The molecule has 0 N–H and O–H groups in total. The van der Waals surface area contributed by atoms with Crippen molar-refractivity contribution < 1.29 is 9.15 Å². The summed E-state index contributed by atoms with van der Waals surface area (Å²) in [6.45, 7) is 0. The normalized spacial score (nSPS) is 11.0. The smallest absolute Gasteiger partial charge is 0.312 e. The molecule has 1 aromatic heterocycles. The van der Waals surface area contributed by atoms with Crippen LogP contribution >= 0.6 is 15.9 Å². The largest absolute Gasteiger partial charge is 0.467 e. The molecule has 0 bridgehead atoms. The van der Waals surface area contributed by atoms with Gasteiger partial charge in [-0.15, -0.1) is 0 Å². The summed E-state index contributed by atoms with van der Waals surface area (Å²) in [6.07, 6.45) is 3.87. The molecule has 1 heterocycles. The molecule has 2 aromatic carbocycles. The molecule has 4 heteroatoms. The van der Waals surface area contributed by atoms with Crippen molar-refractivity contribution in [1.82, 2.24) is 4.98 Å². The SMILES string of the molecule is COc1oc(-c2ccc(Br)cc2)nc1/C=C/c1ccccc1. The van der Waals surface area contributed by atoms with E-state index in [0.29, 0.717) is 17.5 Å². The molecule has 0 aliphatic heterocycles. The van der Waals surface area contributed by atoms with Crippen LogP contribution in [0.3, 0.4) is 0 Å². The average Bonchev–Trinajstić information content (AvgIpc) is 2.98. The Kier molecular flexibility index (Phi) is 4.39. The summed E-state index contributed by atoms with van der Waals surface area (Å²) < 4.78 is 12.0. The van der Waals surface area contributed by atoms with Crippen molar-refractivity contribution in [1.29, 1.82) is 0 Å². The predicted octanol–water partition coefficient (Wildman–Crippen LogP) is 5.28. The van der Waals surface area contributed by atoms with Crippen molar-refractivity contribution >= 4 is 28.1 Å². The molecule has 0 spiro atoms. The van der Waals surface area contributed by atoms with Crippen LogP contribution in [0.15, 0.2) is 63.5 Å². The molecule has 0 aliphatic rings. The van der Waals surface area contributed by atoms with Crippen LogP contribution < -0.4 is 4.74 Å². The monoisotopic (exact) mass is 355 g/mol. The van der Waals surface area contributed by atoms with Crippen molar-refractivity contribution in [2.45, 2.75) is 0 Å². The summed E-state index contributed by atoms with van der Waals surface area (Å²) in [5, 5.41) is 0. The van der Waals surface area contributed by atoms with E-state index in [1.807, 2.05) is 66.7 Å². The number of benzene rings is 2. The number of aromatic nitrogens is 1. The summed E-state index contributed by atoms with van der Waals surface area (Å²) in [7, 11) is 1.58. The average molecular weight is 356 g/mol. The van der Waals surface area contributed by atoms with Gasteiger partial charge in [0.1, 0.15) is 5.69 Å². The highest BCUT2D eigenvalue weighted by atomic mass is 79.9. The van der Waals surface area contributed by atoms with Gasteiger partial charge < -0.3 is 9.15 Å². The van der Waals surface area contributed by atoms with E-state index in [9.17, 15) is 0 Å². The second-order valence-corrected chi connectivity index (χ2v) is 5.56. The zero-order chi connectivity index (χ0) is 15.4. The fourth-order valence-corrected chi connectivity index (χ4v) is 2.29. The van der Waals surface area contributed by atoms with Crippen molar-refractivity contribution in [3.8, 4) is 17.4 Å². The number of halogens is 1. The Bertz CT molecular complexity index is 777. The molecule has 0 atom stereocenters. The van der Waals surface area contributed by atoms with E-state index in [4.69, 9.17) is 9.15 Å². The first-order valence-corrected chi connectivity index (χ1v) is 7.59. The van der Waals surface area contributed by atoms with Gasteiger partial charge in [-0.05, 0) is 35.9 Å². The zero-order valence-corrected chi connectivity index (χ0v) is 13.6. The third-order valence-electron chi connectivity index (χ3n) is 3.13. The fraction of sp³-hybridized carbons (Fsp3) is 0.0556. The molecule has 22 heavy (non-hydrogen) atoms. The van der Waals surface area contributed by atoms with Crippen LogP contribution in [-0.2, 0) is 0 Å². The summed E-state index contributed by atoms with van der Waals surface area (Å²) in [5.74, 6) is 0.946. The minimum atomic E-state index is 0.407. The molecule has 0 unspecified atom stereocenters. The number of ether oxygens (including phenoxy) is 1. The highest BCUT2D eigenvalue weighted by Crippen LogP contribution is 2.29. The number of hydrogen-bond donors (Lipinski definition) is 0. The fourth-order valence-electron chi connectivity index (χ4n) is 2.02. The lowest BCUT2D eigenvalue weighted by molar-refractivity contribution is 0.308. The summed E-state index contributed by atoms with van der Waals surface area (Å²) in [5.41, 5.74) is 2.67. The summed E-state index contributed by atoms with van der Waals surface area (Å²) in [6, 6.07) is 17.8. The molecular weight excluding hydrogens is 342 g/mol. The number of oxazole rings is 1. The molecule has 3 rings (SSSR count).